The fourth-order valence-corrected chi connectivity index (χ4v) is 8.62. The monoisotopic (exact) mass is 570 g/mol. The van der Waals surface area contributed by atoms with Gasteiger partial charge >= 0.3 is 0 Å². The minimum Gasteiger partial charge on any atom is -0.0619 e. The van der Waals surface area contributed by atoms with Crippen LogP contribution in [0.25, 0.3) is 88.0 Å². The quantitative estimate of drug-likeness (QED) is 0.194. The van der Waals surface area contributed by atoms with Crippen molar-refractivity contribution in [3.05, 3.63) is 157 Å². The maximum Gasteiger partial charge on any atom is 0.0159 e. The van der Waals surface area contributed by atoms with E-state index in [1.165, 1.54) is 99.1 Å². The van der Waals surface area contributed by atoms with E-state index in [1.54, 1.807) is 0 Å². The summed E-state index contributed by atoms with van der Waals surface area (Å²) in [7, 11) is 0. The molecule has 0 nitrogen and oxygen atoms in total. The molecule has 0 atom stereocenters. The topological polar surface area (TPSA) is 0 Å². The third-order valence-corrected chi connectivity index (χ3v) is 10.6. The molecule has 45 heavy (non-hydrogen) atoms. The van der Waals surface area contributed by atoms with Gasteiger partial charge in [0.25, 0.3) is 0 Å². The van der Waals surface area contributed by atoms with Gasteiger partial charge in [-0.2, -0.15) is 0 Å². The minimum absolute atomic E-state index is 0.0627. The number of fused-ring (bicyclic) bond motifs is 8. The largest absolute Gasteiger partial charge is 0.0619 e. The third kappa shape index (κ3) is 3.21. The number of rotatable bonds is 2. The summed E-state index contributed by atoms with van der Waals surface area (Å²) in [6.07, 6.45) is 0. The summed E-state index contributed by atoms with van der Waals surface area (Å²) in [5.41, 5.74) is 16.1. The standard InChI is InChI=1S/C45H30/c1-45(2)38-23-8-7-17-31(38)32-25-24-29(26-39(32)45)41-34-18-5-6-19-35(34)42(33-20-9-13-27-12-3-4-16-30(27)33)44-37-22-11-15-28-14-10-21-36(40(28)37)43(41)44/h3-26H,1-2H3. The zero-order valence-corrected chi connectivity index (χ0v) is 25.4. The summed E-state index contributed by atoms with van der Waals surface area (Å²) in [4.78, 5) is 0. The second-order valence-electron chi connectivity index (χ2n) is 13.2. The van der Waals surface area contributed by atoms with Crippen LogP contribution in [0.15, 0.2) is 146 Å². The van der Waals surface area contributed by atoms with Gasteiger partial charge in [0.1, 0.15) is 0 Å². The average molecular weight is 571 g/mol. The molecule has 0 heteroatoms. The SMILES string of the molecule is CC1(C)c2ccccc2-c2ccc(-c3c4c(c(-c5cccc6ccccc56)c5ccccc35)-c3cccc5cccc-4c35)cc21. The van der Waals surface area contributed by atoms with E-state index >= 15 is 0 Å². The average Bonchev–Trinajstić information content (AvgIpc) is 3.53. The van der Waals surface area contributed by atoms with E-state index in [0.29, 0.717) is 0 Å². The first-order chi connectivity index (χ1) is 22.1. The highest BCUT2D eigenvalue weighted by Crippen LogP contribution is 2.59. The molecule has 8 aromatic rings. The second kappa shape index (κ2) is 8.80. The molecule has 210 valence electrons. The van der Waals surface area contributed by atoms with Crippen molar-refractivity contribution in [3.8, 4) is 55.6 Å². The zero-order valence-electron chi connectivity index (χ0n) is 25.4. The van der Waals surface area contributed by atoms with Gasteiger partial charge in [0.15, 0.2) is 0 Å². The van der Waals surface area contributed by atoms with E-state index in [-0.39, 0.29) is 5.41 Å². The Morgan fingerprint density at radius 1 is 0.356 bits per heavy atom. The van der Waals surface area contributed by atoms with E-state index in [1.807, 2.05) is 0 Å². The Balaban J connectivity index is 1.38. The Kier molecular flexibility index (Phi) is 4.88. The fourth-order valence-electron chi connectivity index (χ4n) is 8.62. The van der Waals surface area contributed by atoms with Crippen molar-refractivity contribution >= 4 is 32.3 Å². The van der Waals surface area contributed by atoms with Crippen LogP contribution >= 0.6 is 0 Å². The lowest BCUT2D eigenvalue weighted by molar-refractivity contribution is 0.660. The van der Waals surface area contributed by atoms with Crippen LogP contribution < -0.4 is 0 Å². The fraction of sp³-hybridized carbons (Fsp3) is 0.0667. The molecule has 0 radical (unpaired) electrons. The molecule has 0 saturated carbocycles. The molecule has 0 aromatic heterocycles. The van der Waals surface area contributed by atoms with Crippen LogP contribution in [0.5, 0.6) is 0 Å². The van der Waals surface area contributed by atoms with Crippen LogP contribution in [0.3, 0.4) is 0 Å². The molecule has 0 bridgehead atoms. The van der Waals surface area contributed by atoms with Crippen molar-refractivity contribution in [2.24, 2.45) is 0 Å². The molecule has 0 unspecified atom stereocenters. The summed E-state index contributed by atoms with van der Waals surface area (Å²) in [6, 6.07) is 54.5. The maximum absolute atomic E-state index is 2.50. The molecule has 2 aliphatic carbocycles. The molecular weight excluding hydrogens is 540 g/mol. The van der Waals surface area contributed by atoms with Gasteiger partial charge in [0.2, 0.25) is 0 Å². The molecule has 10 rings (SSSR count). The van der Waals surface area contributed by atoms with Crippen LogP contribution in [0, 0.1) is 0 Å². The first kappa shape index (κ1) is 24.9. The molecule has 2 aliphatic rings. The van der Waals surface area contributed by atoms with Crippen LogP contribution in [0.1, 0.15) is 25.0 Å². The van der Waals surface area contributed by atoms with Crippen LogP contribution in [-0.4, -0.2) is 0 Å². The van der Waals surface area contributed by atoms with Crippen molar-refractivity contribution < 1.29 is 0 Å². The second-order valence-corrected chi connectivity index (χ2v) is 13.2. The lowest BCUT2D eigenvalue weighted by Gasteiger charge is -2.24. The van der Waals surface area contributed by atoms with Gasteiger partial charge in [-0.05, 0) is 105 Å². The molecule has 0 aliphatic heterocycles. The van der Waals surface area contributed by atoms with Crippen molar-refractivity contribution in [2.45, 2.75) is 19.3 Å². The predicted molar refractivity (Wildman–Crippen MR) is 192 cm³/mol. The van der Waals surface area contributed by atoms with E-state index in [0.717, 1.165) is 0 Å². The predicted octanol–water partition coefficient (Wildman–Crippen LogP) is 12.4. The normalized spacial score (nSPS) is 13.7. The van der Waals surface area contributed by atoms with Gasteiger partial charge in [-0.15, -0.1) is 0 Å². The Morgan fingerprint density at radius 2 is 0.889 bits per heavy atom. The van der Waals surface area contributed by atoms with Gasteiger partial charge in [-0.1, -0.05) is 153 Å². The van der Waals surface area contributed by atoms with Crippen molar-refractivity contribution in [2.75, 3.05) is 0 Å². The van der Waals surface area contributed by atoms with E-state index < -0.39 is 0 Å². The van der Waals surface area contributed by atoms with Crippen molar-refractivity contribution in [1.29, 1.82) is 0 Å². The molecule has 0 fully saturated rings. The summed E-state index contributed by atoms with van der Waals surface area (Å²) < 4.78 is 0. The molecule has 0 heterocycles. The van der Waals surface area contributed by atoms with Gasteiger partial charge in [-0.3, -0.25) is 0 Å². The summed E-state index contributed by atoms with van der Waals surface area (Å²) in [5.74, 6) is 0. The maximum atomic E-state index is 2.50. The van der Waals surface area contributed by atoms with Crippen LogP contribution in [0.2, 0.25) is 0 Å². The molecule has 0 spiro atoms. The van der Waals surface area contributed by atoms with Crippen LogP contribution in [-0.2, 0) is 5.41 Å². The van der Waals surface area contributed by atoms with Gasteiger partial charge in [0, 0.05) is 5.41 Å². The Morgan fingerprint density at radius 3 is 1.67 bits per heavy atom. The summed E-state index contributed by atoms with van der Waals surface area (Å²) >= 11 is 0. The van der Waals surface area contributed by atoms with Crippen molar-refractivity contribution in [1.82, 2.24) is 0 Å². The highest BCUT2D eigenvalue weighted by atomic mass is 14.4. The van der Waals surface area contributed by atoms with Crippen molar-refractivity contribution in [3.63, 3.8) is 0 Å². The van der Waals surface area contributed by atoms with Crippen LogP contribution in [0.4, 0.5) is 0 Å². The molecule has 0 N–H and O–H groups in total. The van der Waals surface area contributed by atoms with Gasteiger partial charge < -0.3 is 0 Å². The molecule has 0 amide bonds. The number of benzene rings is 8. The lowest BCUT2D eigenvalue weighted by Crippen LogP contribution is -2.14. The van der Waals surface area contributed by atoms with E-state index in [9.17, 15) is 0 Å². The summed E-state index contributed by atoms with van der Waals surface area (Å²) in [6.45, 7) is 4.76. The highest BCUT2D eigenvalue weighted by molar-refractivity contribution is 6.28. The van der Waals surface area contributed by atoms with E-state index in [2.05, 4.69) is 159 Å². The number of hydrogen-bond donors (Lipinski definition) is 0. The zero-order chi connectivity index (χ0) is 29.9. The first-order valence-electron chi connectivity index (χ1n) is 16.0. The molecule has 8 aromatic carbocycles. The molecule has 0 saturated heterocycles. The Bertz CT molecular complexity index is 2550. The Hall–Kier alpha value is -5.46. The minimum atomic E-state index is -0.0627. The Labute approximate surface area is 263 Å². The van der Waals surface area contributed by atoms with Gasteiger partial charge in [-0.25, -0.2) is 0 Å². The lowest BCUT2D eigenvalue weighted by atomic mass is 9.79. The number of hydrogen-bond acceptors (Lipinski definition) is 0. The first-order valence-corrected chi connectivity index (χ1v) is 16.0. The summed E-state index contributed by atoms with van der Waals surface area (Å²) in [5, 5.41) is 7.83. The third-order valence-electron chi connectivity index (χ3n) is 10.6. The van der Waals surface area contributed by atoms with E-state index in [4.69, 9.17) is 0 Å². The highest BCUT2D eigenvalue weighted by Gasteiger charge is 2.36. The van der Waals surface area contributed by atoms with Gasteiger partial charge in [0.05, 0.1) is 0 Å². The molecular formula is C45H30. The smallest absolute Gasteiger partial charge is 0.0159 e.